The minimum absolute atomic E-state index is 0.0659. The van der Waals surface area contributed by atoms with E-state index in [0.717, 1.165) is 63.7 Å². The fourth-order valence-electron chi connectivity index (χ4n) is 5.71. The summed E-state index contributed by atoms with van der Waals surface area (Å²) < 4.78 is 16.6. The Labute approximate surface area is 285 Å². The van der Waals surface area contributed by atoms with Gasteiger partial charge in [-0.2, -0.15) is 0 Å². The largest absolute Gasteiger partial charge is 0.462 e. The summed E-state index contributed by atoms with van der Waals surface area (Å²) >= 11 is 0. The summed E-state index contributed by atoms with van der Waals surface area (Å²) in [6.45, 7) is 8.89. The molecule has 0 fully saturated rings. The van der Waals surface area contributed by atoms with Crippen molar-refractivity contribution in [1.29, 1.82) is 0 Å². The Kier molecular flexibility index (Phi) is 33.5. The van der Waals surface area contributed by atoms with E-state index in [1.807, 2.05) is 0 Å². The van der Waals surface area contributed by atoms with E-state index in [1.54, 1.807) is 0 Å². The molecular weight excluding hydrogens is 576 g/mol. The van der Waals surface area contributed by atoms with Crippen molar-refractivity contribution >= 4 is 17.9 Å². The Hall–Kier alpha value is -1.59. The number of unbranched alkanes of at least 4 members (excludes halogenated alkanes) is 21. The van der Waals surface area contributed by atoms with Gasteiger partial charge in [-0.15, -0.1) is 0 Å². The van der Waals surface area contributed by atoms with Gasteiger partial charge in [0.2, 0.25) is 0 Å². The summed E-state index contributed by atoms with van der Waals surface area (Å²) in [6, 6.07) is 0. The first-order valence-corrected chi connectivity index (χ1v) is 19.9. The Bertz CT molecular complexity index is 693. The second kappa shape index (κ2) is 34.7. The minimum atomic E-state index is -0.757. The van der Waals surface area contributed by atoms with Gasteiger partial charge in [-0.05, 0) is 25.2 Å². The van der Waals surface area contributed by atoms with Gasteiger partial charge in [-0.3, -0.25) is 14.4 Å². The van der Waals surface area contributed by atoms with Crippen LogP contribution >= 0.6 is 0 Å². The van der Waals surface area contributed by atoms with E-state index in [4.69, 9.17) is 14.2 Å². The van der Waals surface area contributed by atoms with Crippen LogP contribution < -0.4 is 0 Å². The Morgan fingerprint density at radius 2 is 0.761 bits per heavy atom. The molecule has 6 heteroatoms. The molecule has 0 bridgehead atoms. The molecule has 6 nitrogen and oxygen atoms in total. The first kappa shape index (κ1) is 44.4. The Balaban J connectivity index is 4.32. The van der Waals surface area contributed by atoms with Crippen molar-refractivity contribution in [2.24, 2.45) is 5.92 Å². The number of hydrogen-bond acceptors (Lipinski definition) is 6. The maximum atomic E-state index is 12.5. The number of ether oxygens (including phenoxy) is 3. The summed E-state index contributed by atoms with van der Waals surface area (Å²) in [5, 5.41) is 0. The van der Waals surface area contributed by atoms with Gasteiger partial charge in [0, 0.05) is 19.3 Å². The van der Waals surface area contributed by atoms with Crippen LogP contribution in [0.3, 0.4) is 0 Å². The number of esters is 3. The SMILES string of the molecule is CCCCCCCCCCCCCC(=O)OC[C@H](COC(=O)CCCCCCCCC(C)CC)OC(=O)CCCCCCCCC. The van der Waals surface area contributed by atoms with Crippen LogP contribution in [0.2, 0.25) is 0 Å². The third kappa shape index (κ3) is 32.4. The molecule has 2 atom stereocenters. The predicted molar refractivity (Wildman–Crippen MR) is 192 cm³/mol. The van der Waals surface area contributed by atoms with Gasteiger partial charge < -0.3 is 14.2 Å². The van der Waals surface area contributed by atoms with E-state index in [1.165, 1.54) is 109 Å². The van der Waals surface area contributed by atoms with Crippen molar-refractivity contribution in [1.82, 2.24) is 0 Å². The maximum Gasteiger partial charge on any atom is 0.306 e. The van der Waals surface area contributed by atoms with E-state index < -0.39 is 6.10 Å². The van der Waals surface area contributed by atoms with Crippen molar-refractivity contribution in [2.75, 3.05) is 13.2 Å². The Morgan fingerprint density at radius 1 is 0.435 bits per heavy atom. The number of hydrogen-bond donors (Lipinski definition) is 0. The predicted octanol–water partition coefficient (Wildman–Crippen LogP) is 12.0. The summed E-state index contributed by atoms with van der Waals surface area (Å²) in [7, 11) is 0. The summed E-state index contributed by atoms with van der Waals surface area (Å²) in [5.74, 6) is -0.0582. The van der Waals surface area contributed by atoms with Crippen LogP contribution in [-0.2, 0) is 28.6 Å². The fraction of sp³-hybridized carbons (Fsp3) is 0.925. The second-order valence-electron chi connectivity index (χ2n) is 13.8. The molecule has 0 heterocycles. The van der Waals surface area contributed by atoms with E-state index in [0.29, 0.717) is 19.3 Å². The van der Waals surface area contributed by atoms with Crippen LogP contribution in [0.5, 0.6) is 0 Å². The topological polar surface area (TPSA) is 78.9 Å². The Morgan fingerprint density at radius 3 is 1.13 bits per heavy atom. The normalized spacial score (nSPS) is 12.5. The van der Waals surface area contributed by atoms with Crippen molar-refractivity contribution in [3.63, 3.8) is 0 Å². The zero-order chi connectivity index (χ0) is 33.9. The molecule has 0 aromatic heterocycles. The van der Waals surface area contributed by atoms with Gasteiger partial charge in [0.1, 0.15) is 13.2 Å². The molecule has 0 aliphatic heterocycles. The van der Waals surface area contributed by atoms with Gasteiger partial charge in [-0.25, -0.2) is 0 Å². The molecule has 0 radical (unpaired) electrons. The van der Waals surface area contributed by atoms with E-state index in [-0.39, 0.29) is 31.1 Å². The van der Waals surface area contributed by atoms with Crippen LogP contribution in [0.25, 0.3) is 0 Å². The highest BCUT2D eigenvalue weighted by Crippen LogP contribution is 2.16. The van der Waals surface area contributed by atoms with Crippen molar-refractivity contribution in [3.05, 3.63) is 0 Å². The maximum absolute atomic E-state index is 12.5. The third-order valence-corrected chi connectivity index (χ3v) is 9.15. The molecule has 1 unspecified atom stereocenters. The lowest BCUT2D eigenvalue weighted by Gasteiger charge is -2.18. The van der Waals surface area contributed by atoms with Crippen molar-refractivity contribution in [2.45, 2.75) is 220 Å². The fourth-order valence-corrected chi connectivity index (χ4v) is 5.71. The van der Waals surface area contributed by atoms with Crippen molar-refractivity contribution < 1.29 is 28.6 Å². The molecule has 272 valence electrons. The van der Waals surface area contributed by atoms with Crippen LogP contribution in [0, 0.1) is 5.92 Å². The lowest BCUT2D eigenvalue weighted by Crippen LogP contribution is -2.30. The molecule has 0 saturated carbocycles. The molecule has 0 aromatic rings. The van der Waals surface area contributed by atoms with E-state index in [2.05, 4.69) is 27.7 Å². The molecule has 0 aliphatic carbocycles. The summed E-state index contributed by atoms with van der Waals surface area (Å²) in [4.78, 5) is 37.3. The van der Waals surface area contributed by atoms with Crippen LogP contribution in [0.1, 0.15) is 214 Å². The van der Waals surface area contributed by atoms with Gasteiger partial charge in [0.25, 0.3) is 0 Å². The molecule has 0 spiro atoms. The average molecular weight is 653 g/mol. The zero-order valence-electron chi connectivity index (χ0n) is 31.0. The quantitative estimate of drug-likeness (QED) is 0.0385. The average Bonchev–Trinajstić information content (AvgIpc) is 3.05. The van der Waals surface area contributed by atoms with Gasteiger partial charge in [-0.1, -0.05) is 175 Å². The van der Waals surface area contributed by atoms with E-state index in [9.17, 15) is 14.4 Å². The molecule has 0 aliphatic rings. The monoisotopic (exact) mass is 653 g/mol. The summed E-state index contributed by atoms with van der Waals surface area (Å²) in [6.07, 6.45) is 31.0. The zero-order valence-corrected chi connectivity index (χ0v) is 31.0. The summed E-state index contributed by atoms with van der Waals surface area (Å²) in [5.41, 5.74) is 0. The first-order valence-electron chi connectivity index (χ1n) is 19.9. The number of carbonyl (C=O) groups excluding carboxylic acids is 3. The van der Waals surface area contributed by atoms with Gasteiger partial charge in [0.05, 0.1) is 0 Å². The number of rotatable bonds is 35. The van der Waals surface area contributed by atoms with Crippen LogP contribution in [0.15, 0.2) is 0 Å². The molecule has 0 N–H and O–H groups in total. The van der Waals surface area contributed by atoms with Gasteiger partial charge >= 0.3 is 17.9 Å². The third-order valence-electron chi connectivity index (χ3n) is 9.15. The second-order valence-corrected chi connectivity index (χ2v) is 13.8. The van der Waals surface area contributed by atoms with Crippen LogP contribution in [0.4, 0.5) is 0 Å². The molecular formula is C40H76O6. The minimum Gasteiger partial charge on any atom is -0.462 e. The highest BCUT2D eigenvalue weighted by Gasteiger charge is 2.19. The highest BCUT2D eigenvalue weighted by atomic mass is 16.6. The number of carbonyl (C=O) groups is 3. The van der Waals surface area contributed by atoms with Crippen LogP contribution in [-0.4, -0.2) is 37.2 Å². The van der Waals surface area contributed by atoms with Crippen molar-refractivity contribution in [3.8, 4) is 0 Å². The molecule has 0 rings (SSSR count). The standard InChI is InChI=1S/C40H76O6/c1-5-8-10-12-14-15-16-17-19-23-27-31-38(41)44-34-37(46-40(43)33-29-25-18-13-11-9-6-2)35-45-39(42)32-28-24-21-20-22-26-30-36(4)7-3/h36-37H,5-35H2,1-4H3/t36?,37-/m1/s1. The molecule has 0 aromatic carbocycles. The molecule has 0 amide bonds. The van der Waals surface area contributed by atoms with E-state index >= 15 is 0 Å². The highest BCUT2D eigenvalue weighted by molar-refractivity contribution is 5.71. The smallest absolute Gasteiger partial charge is 0.306 e. The lowest BCUT2D eigenvalue weighted by atomic mass is 10.00. The molecule has 0 saturated heterocycles. The molecule has 46 heavy (non-hydrogen) atoms. The van der Waals surface area contributed by atoms with Gasteiger partial charge in [0.15, 0.2) is 6.10 Å². The lowest BCUT2D eigenvalue weighted by molar-refractivity contribution is -0.167. The first-order chi connectivity index (χ1) is 22.4.